The molecule has 1 aliphatic heterocycles. The van der Waals surface area contributed by atoms with Crippen LogP contribution in [0, 0.1) is 25.2 Å². The molecule has 0 spiro atoms. The largest absolute Gasteiger partial charge is 0.354 e. The Kier molecular flexibility index (Phi) is 5.24. The Bertz CT molecular complexity index is 1200. The highest BCUT2D eigenvalue weighted by atomic mass is 32.2. The summed E-state index contributed by atoms with van der Waals surface area (Å²) in [7, 11) is -3.59. The molecule has 1 saturated heterocycles. The van der Waals surface area contributed by atoms with E-state index in [1.54, 1.807) is 6.33 Å². The first-order chi connectivity index (χ1) is 14.4. The number of benzene rings is 1. The molecule has 3 heterocycles. The normalized spacial score (nSPS) is 15.2. The molecule has 1 aliphatic rings. The van der Waals surface area contributed by atoms with Crippen molar-refractivity contribution in [2.75, 3.05) is 31.1 Å². The number of rotatable bonds is 4. The van der Waals surface area contributed by atoms with Crippen LogP contribution in [0.25, 0.3) is 5.82 Å². The van der Waals surface area contributed by atoms with Gasteiger partial charge in [-0.2, -0.15) is 9.57 Å². The van der Waals surface area contributed by atoms with Crippen LogP contribution < -0.4 is 4.90 Å². The van der Waals surface area contributed by atoms with Gasteiger partial charge in [-0.15, -0.1) is 0 Å². The van der Waals surface area contributed by atoms with Crippen LogP contribution in [0.2, 0.25) is 0 Å². The number of piperazine rings is 1. The third-order valence-corrected chi connectivity index (χ3v) is 7.23. The average Bonchev–Trinajstić information content (AvgIpc) is 3.12. The molecular weight excluding hydrogens is 402 g/mol. The first-order valence-electron chi connectivity index (χ1n) is 9.48. The standard InChI is InChI=1S/C20H21N7O2S/c1-15-16(2)27(14-24-15)20-11-19(22-13-23-20)25-7-9-26(10-8-25)30(28,29)18-5-3-17(12-21)4-6-18/h3-6,11,13-14H,7-10H2,1-2H3. The summed E-state index contributed by atoms with van der Waals surface area (Å²) in [5.41, 5.74) is 2.39. The molecule has 0 aliphatic carbocycles. The summed E-state index contributed by atoms with van der Waals surface area (Å²) in [4.78, 5) is 15.3. The predicted molar refractivity (Wildman–Crippen MR) is 111 cm³/mol. The lowest BCUT2D eigenvalue weighted by molar-refractivity contribution is 0.383. The maximum atomic E-state index is 12.9. The molecule has 0 amide bonds. The molecular formula is C20H21N7O2S. The molecule has 2 aromatic heterocycles. The number of aromatic nitrogens is 4. The Morgan fingerprint density at radius 2 is 1.63 bits per heavy atom. The first kappa shape index (κ1) is 20.0. The number of imidazole rings is 1. The van der Waals surface area contributed by atoms with Gasteiger partial charge in [-0.3, -0.25) is 4.57 Å². The van der Waals surface area contributed by atoms with Crippen LogP contribution in [0.1, 0.15) is 17.0 Å². The van der Waals surface area contributed by atoms with E-state index >= 15 is 0 Å². The van der Waals surface area contributed by atoms with E-state index < -0.39 is 10.0 Å². The van der Waals surface area contributed by atoms with Gasteiger partial charge < -0.3 is 4.90 Å². The van der Waals surface area contributed by atoms with Crippen molar-refractivity contribution in [1.29, 1.82) is 5.26 Å². The summed E-state index contributed by atoms with van der Waals surface area (Å²) in [5.74, 6) is 1.48. The molecule has 4 rings (SSSR count). The zero-order valence-electron chi connectivity index (χ0n) is 16.7. The maximum absolute atomic E-state index is 12.9. The number of nitriles is 1. The minimum atomic E-state index is -3.59. The van der Waals surface area contributed by atoms with Crippen LogP contribution in [0.5, 0.6) is 0 Å². The van der Waals surface area contributed by atoms with E-state index in [0.29, 0.717) is 31.7 Å². The lowest BCUT2D eigenvalue weighted by atomic mass is 10.2. The smallest absolute Gasteiger partial charge is 0.243 e. The van der Waals surface area contributed by atoms with Gasteiger partial charge in [-0.25, -0.2) is 23.4 Å². The van der Waals surface area contributed by atoms with Gasteiger partial charge in [0.2, 0.25) is 10.0 Å². The van der Waals surface area contributed by atoms with Gasteiger partial charge in [0.15, 0.2) is 0 Å². The molecule has 3 aromatic rings. The van der Waals surface area contributed by atoms with Crippen molar-refractivity contribution in [3.05, 3.63) is 59.9 Å². The van der Waals surface area contributed by atoms with Crippen molar-refractivity contribution in [3.63, 3.8) is 0 Å². The summed E-state index contributed by atoms with van der Waals surface area (Å²) in [5, 5.41) is 8.90. The Balaban J connectivity index is 1.49. The number of nitrogens with zero attached hydrogens (tertiary/aromatic N) is 7. The molecule has 1 aromatic carbocycles. The Morgan fingerprint density at radius 3 is 2.23 bits per heavy atom. The first-order valence-corrected chi connectivity index (χ1v) is 10.9. The van der Waals surface area contributed by atoms with Crippen molar-refractivity contribution in [2.45, 2.75) is 18.7 Å². The lowest BCUT2D eigenvalue weighted by Crippen LogP contribution is -2.48. The number of anilines is 1. The van der Waals surface area contributed by atoms with Crippen molar-refractivity contribution in [3.8, 4) is 11.9 Å². The third kappa shape index (κ3) is 3.65. The van der Waals surface area contributed by atoms with Crippen molar-refractivity contribution >= 4 is 15.8 Å². The van der Waals surface area contributed by atoms with E-state index in [0.717, 1.165) is 23.0 Å². The molecule has 10 heteroatoms. The minimum absolute atomic E-state index is 0.199. The van der Waals surface area contributed by atoms with Crippen LogP contribution in [-0.4, -0.2) is 58.4 Å². The molecule has 0 atom stereocenters. The quantitative estimate of drug-likeness (QED) is 0.628. The van der Waals surface area contributed by atoms with Crippen molar-refractivity contribution in [1.82, 2.24) is 23.8 Å². The van der Waals surface area contributed by atoms with E-state index in [1.807, 2.05) is 30.6 Å². The zero-order chi connectivity index (χ0) is 21.3. The van der Waals surface area contributed by atoms with Crippen LogP contribution in [0.3, 0.4) is 0 Å². The van der Waals surface area contributed by atoms with E-state index in [-0.39, 0.29) is 4.90 Å². The van der Waals surface area contributed by atoms with E-state index in [1.165, 1.54) is 34.9 Å². The van der Waals surface area contributed by atoms with Gasteiger partial charge in [0.05, 0.1) is 22.2 Å². The summed E-state index contributed by atoms with van der Waals surface area (Å²) < 4.78 is 29.2. The summed E-state index contributed by atoms with van der Waals surface area (Å²) in [6.07, 6.45) is 3.25. The fourth-order valence-corrected chi connectivity index (χ4v) is 4.80. The van der Waals surface area contributed by atoms with Gasteiger partial charge in [0.1, 0.15) is 24.3 Å². The highest BCUT2D eigenvalue weighted by Crippen LogP contribution is 2.22. The van der Waals surface area contributed by atoms with Crippen LogP contribution in [0.15, 0.2) is 47.9 Å². The summed E-state index contributed by atoms with van der Waals surface area (Å²) in [6, 6.07) is 9.88. The Labute approximate surface area is 175 Å². The second kappa shape index (κ2) is 7.85. The maximum Gasteiger partial charge on any atom is 0.243 e. The zero-order valence-corrected chi connectivity index (χ0v) is 17.5. The highest BCUT2D eigenvalue weighted by molar-refractivity contribution is 7.89. The van der Waals surface area contributed by atoms with Gasteiger partial charge in [-0.1, -0.05) is 0 Å². The molecule has 154 valence electrons. The van der Waals surface area contributed by atoms with Gasteiger partial charge in [-0.05, 0) is 38.1 Å². The summed E-state index contributed by atoms with van der Waals surface area (Å²) in [6.45, 7) is 5.68. The van der Waals surface area contributed by atoms with Crippen LogP contribution >= 0.6 is 0 Å². The molecule has 0 radical (unpaired) electrons. The second-order valence-electron chi connectivity index (χ2n) is 7.05. The number of hydrogen-bond donors (Lipinski definition) is 0. The third-order valence-electron chi connectivity index (χ3n) is 5.32. The monoisotopic (exact) mass is 423 g/mol. The molecule has 0 unspecified atom stereocenters. The SMILES string of the molecule is Cc1ncn(-c2cc(N3CCN(S(=O)(=O)c4ccc(C#N)cc4)CC3)ncn2)c1C. The number of sulfonamides is 1. The summed E-state index contributed by atoms with van der Waals surface area (Å²) >= 11 is 0. The fraction of sp³-hybridized carbons (Fsp3) is 0.300. The van der Waals surface area contributed by atoms with Gasteiger partial charge in [0.25, 0.3) is 0 Å². The van der Waals surface area contributed by atoms with Crippen LogP contribution in [-0.2, 0) is 10.0 Å². The molecule has 9 nitrogen and oxygen atoms in total. The Morgan fingerprint density at radius 1 is 0.967 bits per heavy atom. The van der Waals surface area contributed by atoms with E-state index in [4.69, 9.17) is 5.26 Å². The van der Waals surface area contributed by atoms with E-state index in [9.17, 15) is 8.42 Å². The highest BCUT2D eigenvalue weighted by Gasteiger charge is 2.29. The molecule has 0 N–H and O–H groups in total. The topological polar surface area (TPSA) is 108 Å². The van der Waals surface area contributed by atoms with Crippen LogP contribution in [0.4, 0.5) is 5.82 Å². The van der Waals surface area contributed by atoms with Gasteiger partial charge in [0, 0.05) is 37.9 Å². The molecule has 30 heavy (non-hydrogen) atoms. The van der Waals surface area contributed by atoms with E-state index in [2.05, 4.69) is 19.9 Å². The minimum Gasteiger partial charge on any atom is -0.354 e. The van der Waals surface area contributed by atoms with Crippen molar-refractivity contribution in [2.24, 2.45) is 0 Å². The number of aryl methyl sites for hydroxylation is 1. The number of hydrogen-bond acceptors (Lipinski definition) is 7. The molecule has 1 fully saturated rings. The predicted octanol–water partition coefficient (Wildman–Crippen LogP) is 1.66. The lowest BCUT2D eigenvalue weighted by Gasteiger charge is -2.34. The second-order valence-corrected chi connectivity index (χ2v) is 8.99. The van der Waals surface area contributed by atoms with Gasteiger partial charge >= 0.3 is 0 Å². The average molecular weight is 424 g/mol. The Hall–Kier alpha value is -3.29. The van der Waals surface area contributed by atoms with Crippen molar-refractivity contribution < 1.29 is 8.42 Å². The molecule has 0 bridgehead atoms. The molecule has 0 saturated carbocycles. The fourth-order valence-electron chi connectivity index (χ4n) is 3.38.